The van der Waals surface area contributed by atoms with Crippen molar-refractivity contribution in [3.63, 3.8) is 0 Å². The van der Waals surface area contributed by atoms with Crippen LogP contribution in [0.4, 0.5) is 0 Å². The molecule has 0 aromatic heterocycles. The lowest BCUT2D eigenvalue weighted by Gasteiger charge is -2.14. The highest BCUT2D eigenvalue weighted by Crippen LogP contribution is 2.07. The molecule has 0 rings (SSSR count). The van der Waals surface area contributed by atoms with Gasteiger partial charge in [-0.2, -0.15) is 0 Å². The van der Waals surface area contributed by atoms with Crippen molar-refractivity contribution >= 4 is 9.53 Å². The van der Waals surface area contributed by atoms with Gasteiger partial charge in [0, 0.05) is 13.2 Å². The topological polar surface area (TPSA) is 27.7 Å². The summed E-state index contributed by atoms with van der Waals surface area (Å²) in [5.74, 6) is 0. The van der Waals surface area contributed by atoms with Crippen LogP contribution >= 0.6 is 0 Å². The van der Waals surface area contributed by atoms with E-state index in [9.17, 15) is 0 Å². The zero-order chi connectivity index (χ0) is 17.0. The van der Waals surface area contributed by atoms with Crippen LogP contribution in [0.25, 0.3) is 0 Å². The van der Waals surface area contributed by atoms with Crippen LogP contribution < -0.4 is 0 Å². The van der Waals surface area contributed by atoms with Gasteiger partial charge in [-0.15, -0.1) is 6.58 Å². The lowest BCUT2D eigenvalue weighted by Crippen LogP contribution is -2.28. The fourth-order valence-electron chi connectivity index (χ4n) is 2.33. The molecule has 0 aliphatic rings. The van der Waals surface area contributed by atoms with Crippen molar-refractivity contribution in [3.8, 4) is 0 Å². The summed E-state index contributed by atoms with van der Waals surface area (Å²) < 4.78 is 17.2. The first-order valence-electron chi connectivity index (χ1n) is 9.71. The molecule has 0 N–H and O–H groups in total. The van der Waals surface area contributed by atoms with E-state index in [0.29, 0.717) is 6.61 Å². The second kappa shape index (κ2) is 19.9. The summed E-state index contributed by atoms with van der Waals surface area (Å²) in [7, 11) is -1.57. The van der Waals surface area contributed by atoms with E-state index in [1.165, 1.54) is 64.2 Å². The fraction of sp³-hybridized carbons (Fsp3) is 0.895. The first-order valence-corrected chi connectivity index (χ1v) is 10.9. The highest BCUT2D eigenvalue weighted by molar-refractivity contribution is 6.36. The van der Waals surface area contributed by atoms with E-state index in [4.69, 9.17) is 13.3 Å². The Hall–Kier alpha value is -0.163. The first kappa shape index (κ1) is 22.8. The summed E-state index contributed by atoms with van der Waals surface area (Å²) in [6, 6.07) is 0. The van der Waals surface area contributed by atoms with Crippen molar-refractivity contribution in [2.75, 3.05) is 19.8 Å². The zero-order valence-electron chi connectivity index (χ0n) is 15.6. The molecule has 4 heteroatoms. The smallest absolute Gasteiger partial charge is 0.371 e. The molecule has 0 aliphatic carbocycles. The fourth-order valence-corrected chi connectivity index (χ4v) is 3.45. The maximum Gasteiger partial charge on any atom is 0.578 e. The Kier molecular flexibility index (Phi) is 19.7. The molecule has 0 spiro atoms. The van der Waals surface area contributed by atoms with Gasteiger partial charge in [0.1, 0.15) is 0 Å². The van der Waals surface area contributed by atoms with Crippen LogP contribution in [0.3, 0.4) is 0 Å². The Balaban J connectivity index is 3.57. The van der Waals surface area contributed by atoms with Gasteiger partial charge in [-0.25, -0.2) is 0 Å². The molecule has 0 unspecified atom stereocenters. The average Bonchev–Trinajstić information content (AvgIpc) is 2.57. The molecule has 137 valence electrons. The number of hydrogen-bond donors (Lipinski definition) is 0. The SMILES string of the molecule is C=CCO[Si](OCCCCCCCC)OCCCCCCCC. The molecule has 3 nitrogen and oxygen atoms in total. The van der Waals surface area contributed by atoms with Gasteiger partial charge in [-0.3, -0.25) is 0 Å². The van der Waals surface area contributed by atoms with Crippen LogP contribution in [0, 0.1) is 0 Å². The second-order valence-corrected chi connectivity index (χ2v) is 7.45. The lowest BCUT2D eigenvalue weighted by atomic mass is 10.1. The quantitative estimate of drug-likeness (QED) is 0.165. The Labute approximate surface area is 146 Å². The molecule has 0 aromatic carbocycles. The molecule has 0 amide bonds. The molecule has 0 fully saturated rings. The van der Waals surface area contributed by atoms with Gasteiger partial charge >= 0.3 is 9.53 Å². The van der Waals surface area contributed by atoms with E-state index in [1.54, 1.807) is 6.08 Å². The summed E-state index contributed by atoms with van der Waals surface area (Å²) in [5, 5.41) is 0. The minimum Gasteiger partial charge on any atom is -0.371 e. The third-order valence-electron chi connectivity index (χ3n) is 3.75. The van der Waals surface area contributed by atoms with Crippen molar-refractivity contribution in [3.05, 3.63) is 12.7 Å². The number of rotatable bonds is 19. The molecule has 0 bridgehead atoms. The van der Waals surface area contributed by atoms with Gasteiger partial charge < -0.3 is 13.3 Å². The molecular weight excluding hydrogens is 304 g/mol. The highest BCUT2D eigenvalue weighted by Gasteiger charge is 2.18. The maximum atomic E-state index is 5.81. The Morgan fingerprint density at radius 1 is 0.652 bits per heavy atom. The summed E-state index contributed by atoms with van der Waals surface area (Å²) in [6.45, 7) is 10.2. The summed E-state index contributed by atoms with van der Waals surface area (Å²) in [5.41, 5.74) is 0. The first-order chi connectivity index (χ1) is 11.3. The Bertz CT molecular complexity index is 219. The van der Waals surface area contributed by atoms with Crippen LogP contribution in [-0.2, 0) is 13.3 Å². The largest absolute Gasteiger partial charge is 0.578 e. The standard InChI is InChI=1S/C19H39O3Si/c1-4-7-9-11-13-15-18-21-23(20-17-6-3)22-19-16-14-12-10-8-5-2/h6H,3-5,7-19H2,1-2H3. The van der Waals surface area contributed by atoms with Crippen molar-refractivity contribution in [1.29, 1.82) is 0 Å². The predicted molar refractivity (Wildman–Crippen MR) is 101 cm³/mol. The molecule has 23 heavy (non-hydrogen) atoms. The summed E-state index contributed by atoms with van der Waals surface area (Å²) in [4.78, 5) is 0. The average molecular weight is 344 g/mol. The van der Waals surface area contributed by atoms with Gasteiger partial charge in [0.25, 0.3) is 0 Å². The molecule has 0 atom stereocenters. The third kappa shape index (κ3) is 18.0. The van der Waals surface area contributed by atoms with Crippen LogP contribution in [0.2, 0.25) is 0 Å². The molecule has 0 saturated heterocycles. The Morgan fingerprint density at radius 2 is 1.09 bits per heavy atom. The van der Waals surface area contributed by atoms with Gasteiger partial charge in [0.05, 0.1) is 6.61 Å². The summed E-state index contributed by atoms with van der Waals surface area (Å²) >= 11 is 0. The van der Waals surface area contributed by atoms with Gasteiger partial charge in [0.2, 0.25) is 0 Å². The zero-order valence-corrected chi connectivity index (χ0v) is 16.6. The number of hydrogen-bond acceptors (Lipinski definition) is 3. The van der Waals surface area contributed by atoms with E-state index >= 15 is 0 Å². The molecular formula is C19H39O3Si. The molecule has 1 radical (unpaired) electrons. The van der Waals surface area contributed by atoms with Gasteiger partial charge in [-0.1, -0.05) is 84.1 Å². The van der Waals surface area contributed by atoms with E-state index in [2.05, 4.69) is 20.4 Å². The molecule has 0 heterocycles. The van der Waals surface area contributed by atoms with Crippen LogP contribution in [-0.4, -0.2) is 29.3 Å². The minimum atomic E-state index is -1.57. The van der Waals surface area contributed by atoms with Crippen LogP contribution in [0.15, 0.2) is 12.7 Å². The molecule has 0 aromatic rings. The lowest BCUT2D eigenvalue weighted by molar-refractivity contribution is 0.0988. The molecule has 0 aliphatic heterocycles. The van der Waals surface area contributed by atoms with Crippen LogP contribution in [0.1, 0.15) is 90.9 Å². The summed E-state index contributed by atoms with van der Waals surface area (Å²) in [6.07, 6.45) is 17.1. The van der Waals surface area contributed by atoms with E-state index < -0.39 is 9.53 Å². The molecule has 0 saturated carbocycles. The van der Waals surface area contributed by atoms with E-state index in [-0.39, 0.29) is 0 Å². The Morgan fingerprint density at radius 3 is 1.52 bits per heavy atom. The predicted octanol–water partition coefficient (Wildman–Crippen LogP) is 5.93. The monoisotopic (exact) mass is 343 g/mol. The highest BCUT2D eigenvalue weighted by atomic mass is 28.3. The van der Waals surface area contributed by atoms with Gasteiger partial charge in [-0.05, 0) is 12.8 Å². The van der Waals surface area contributed by atoms with Gasteiger partial charge in [0.15, 0.2) is 0 Å². The van der Waals surface area contributed by atoms with Crippen molar-refractivity contribution in [2.24, 2.45) is 0 Å². The van der Waals surface area contributed by atoms with Crippen LogP contribution in [0.5, 0.6) is 0 Å². The van der Waals surface area contributed by atoms with E-state index in [1.807, 2.05) is 0 Å². The van der Waals surface area contributed by atoms with Crippen molar-refractivity contribution in [2.45, 2.75) is 90.9 Å². The number of unbranched alkanes of at least 4 members (excludes halogenated alkanes) is 10. The normalized spacial score (nSPS) is 11.3. The van der Waals surface area contributed by atoms with Crippen molar-refractivity contribution < 1.29 is 13.3 Å². The third-order valence-corrected chi connectivity index (χ3v) is 5.04. The van der Waals surface area contributed by atoms with E-state index in [0.717, 1.165) is 26.1 Å². The van der Waals surface area contributed by atoms with Crippen molar-refractivity contribution in [1.82, 2.24) is 0 Å². The maximum absolute atomic E-state index is 5.81. The second-order valence-electron chi connectivity index (χ2n) is 6.08. The minimum absolute atomic E-state index is 0.515.